The maximum Gasteiger partial charge on any atom is 0.356 e. The molecule has 1 aromatic carbocycles. The highest BCUT2D eigenvalue weighted by atomic mass is 32.2. The van der Waals surface area contributed by atoms with Crippen molar-refractivity contribution in [1.29, 1.82) is 0 Å². The Morgan fingerprint density at radius 3 is 2.42 bits per heavy atom. The average Bonchev–Trinajstić information content (AvgIpc) is 3.01. The molecule has 2 N–H and O–H groups in total. The van der Waals surface area contributed by atoms with Crippen LogP contribution in [0.3, 0.4) is 0 Å². The number of methoxy groups -OCH3 is 1. The van der Waals surface area contributed by atoms with Crippen LogP contribution < -0.4 is 4.72 Å². The largest absolute Gasteiger partial charge is 0.464 e. The van der Waals surface area contributed by atoms with Crippen molar-refractivity contribution in [2.75, 3.05) is 11.8 Å². The van der Waals surface area contributed by atoms with Gasteiger partial charge in [-0.05, 0) is 49.4 Å². The number of sulfonamides is 1. The van der Waals surface area contributed by atoms with Gasteiger partial charge in [-0.2, -0.15) is 0 Å². The molecule has 0 atom stereocenters. The van der Waals surface area contributed by atoms with Crippen LogP contribution in [0, 0.1) is 6.92 Å². The minimum absolute atomic E-state index is 0.0902. The van der Waals surface area contributed by atoms with Crippen LogP contribution in [-0.2, 0) is 14.8 Å². The number of aromatic amines is 1. The van der Waals surface area contributed by atoms with E-state index in [1.165, 1.54) is 31.9 Å². The molecule has 0 bridgehead atoms. The fraction of sp³-hybridized carbons (Fsp3) is 0.421. The van der Waals surface area contributed by atoms with E-state index < -0.39 is 16.0 Å². The normalized spacial score (nSPS) is 15.6. The lowest BCUT2D eigenvalue weighted by Crippen LogP contribution is -2.15. The molecule has 0 spiro atoms. The van der Waals surface area contributed by atoms with Gasteiger partial charge in [-0.1, -0.05) is 31.4 Å². The second-order valence-corrected chi connectivity index (χ2v) is 8.42. The fourth-order valence-electron chi connectivity index (χ4n) is 3.49. The zero-order valence-corrected chi connectivity index (χ0v) is 15.9. The van der Waals surface area contributed by atoms with Gasteiger partial charge in [-0.3, -0.25) is 4.72 Å². The Bertz CT molecular complexity index is 879. The molecule has 2 aromatic rings. The number of nitrogens with one attached hydrogen (secondary N) is 2. The molecule has 0 unspecified atom stereocenters. The van der Waals surface area contributed by atoms with Crippen LogP contribution in [0.2, 0.25) is 0 Å². The number of anilines is 1. The third-order valence-corrected chi connectivity index (χ3v) is 6.23. The van der Waals surface area contributed by atoms with E-state index in [2.05, 4.69) is 14.4 Å². The van der Waals surface area contributed by atoms with E-state index in [9.17, 15) is 13.2 Å². The molecule has 1 saturated carbocycles. The third kappa shape index (κ3) is 3.93. The number of benzene rings is 1. The predicted octanol–water partition coefficient (Wildman–Crippen LogP) is 3.96. The third-order valence-electron chi connectivity index (χ3n) is 4.85. The van der Waals surface area contributed by atoms with E-state index in [1.807, 2.05) is 12.1 Å². The van der Waals surface area contributed by atoms with E-state index in [0.717, 1.165) is 12.8 Å². The molecular formula is C19H24N2O4S. The van der Waals surface area contributed by atoms with E-state index in [1.54, 1.807) is 25.1 Å². The van der Waals surface area contributed by atoms with Crippen molar-refractivity contribution in [2.24, 2.45) is 0 Å². The summed E-state index contributed by atoms with van der Waals surface area (Å²) in [6, 6.07) is 8.62. The first kappa shape index (κ1) is 18.5. The summed E-state index contributed by atoms with van der Waals surface area (Å²) >= 11 is 0. The molecule has 1 aromatic heterocycles. The van der Waals surface area contributed by atoms with Crippen LogP contribution in [0.5, 0.6) is 0 Å². The molecule has 0 aliphatic heterocycles. The summed E-state index contributed by atoms with van der Waals surface area (Å²) in [6.45, 7) is 1.74. The number of rotatable bonds is 5. The van der Waals surface area contributed by atoms with Crippen LogP contribution in [-0.4, -0.2) is 26.5 Å². The van der Waals surface area contributed by atoms with Gasteiger partial charge in [0.05, 0.1) is 17.7 Å². The molecular weight excluding hydrogens is 352 g/mol. The summed E-state index contributed by atoms with van der Waals surface area (Å²) < 4.78 is 32.5. The number of aryl methyl sites for hydroxylation is 1. The molecule has 7 heteroatoms. The number of aromatic nitrogens is 1. The summed E-state index contributed by atoms with van der Waals surface area (Å²) in [5.41, 5.74) is 2.13. The molecule has 1 aliphatic carbocycles. The van der Waals surface area contributed by atoms with Crippen molar-refractivity contribution >= 4 is 21.7 Å². The van der Waals surface area contributed by atoms with E-state index >= 15 is 0 Å². The Morgan fingerprint density at radius 1 is 1.15 bits per heavy atom. The first-order valence-electron chi connectivity index (χ1n) is 8.81. The Morgan fingerprint density at radius 2 is 1.81 bits per heavy atom. The second kappa shape index (κ2) is 7.53. The zero-order chi connectivity index (χ0) is 18.7. The zero-order valence-electron chi connectivity index (χ0n) is 15.0. The lowest BCUT2D eigenvalue weighted by Gasteiger charge is -2.22. The van der Waals surface area contributed by atoms with Crippen molar-refractivity contribution in [1.82, 2.24) is 4.98 Å². The number of H-pyrrole nitrogens is 1. The fourth-order valence-corrected chi connectivity index (χ4v) is 4.55. The van der Waals surface area contributed by atoms with Gasteiger partial charge in [-0.25, -0.2) is 13.2 Å². The monoisotopic (exact) mass is 376 g/mol. The smallest absolute Gasteiger partial charge is 0.356 e. The number of ether oxygens (including phenoxy) is 1. The van der Waals surface area contributed by atoms with E-state index in [4.69, 9.17) is 0 Å². The van der Waals surface area contributed by atoms with Crippen molar-refractivity contribution in [3.63, 3.8) is 0 Å². The average molecular weight is 376 g/mol. The summed E-state index contributed by atoms with van der Waals surface area (Å²) in [7, 11) is -2.54. The highest BCUT2D eigenvalue weighted by molar-refractivity contribution is 7.92. The molecule has 26 heavy (non-hydrogen) atoms. The minimum Gasteiger partial charge on any atom is -0.464 e. The van der Waals surface area contributed by atoms with E-state index in [0.29, 0.717) is 11.6 Å². The van der Waals surface area contributed by atoms with Gasteiger partial charge in [0.15, 0.2) is 0 Å². The number of carbonyl (C=O) groups is 1. The van der Waals surface area contributed by atoms with E-state index in [-0.39, 0.29) is 16.3 Å². The van der Waals surface area contributed by atoms with Crippen molar-refractivity contribution in [3.8, 4) is 0 Å². The van der Waals surface area contributed by atoms with Crippen LogP contribution in [0.1, 0.15) is 59.8 Å². The topological polar surface area (TPSA) is 88.3 Å². The SMILES string of the molecule is COC(=O)c1[nH]c(C)cc1NS(=O)(=O)c1ccc(C2CCCCC2)cc1. The molecule has 140 valence electrons. The lowest BCUT2D eigenvalue weighted by atomic mass is 9.84. The Kier molecular flexibility index (Phi) is 5.36. The molecule has 1 fully saturated rings. The van der Waals surface area contributed by atoms with Gasteiger partial charge >= 0.3 is 5.97 Å². The summed E-state index contributed by atoms with van der Waals surface area (Å²) in [6.07, 6.45) is 6.07. The summed E-state index contributed by atoms with van der Waals surface area (Å²) in [5.74, 6) is -0.102. The standard InChI is InChI=1S/C19H24N2O4S/c1-13-12-17(18(20-13)19(22)25-2)21-26(23,24)16-10-8-15(9-11-16)14-6-4-3-5-7-14/h8-12,14,20-21H,3-7H2,1-2H3. The highest BCUT2D eigenvalue weighted by Gasteiger charge is 2.22. The number of esters is 1. The van der Waals surface area contributed by atoms with Crippen LogP contribution in [0.25, 0.3) is 0 Å². The summed E-state index contributed by atoms with van der Waals surface area (Å²) in [5, 5.41) is 0. The molecule has 0 radical (unpaired) electrons. The van der Waals surface area contributed by atoms with Crippen molar-refractivity contribution in [3.05, 3.63) is 47.3 Å². The van der Waals surface area contributed by atoms with Crippen molar-refractivity contribution in [2.45, 2.75) is 49.8 Å². The maximum absolute atomic E-state index is 12.7. The van der Waals surface area contributed by atoms with Crippen molar-refractivity contribution < 1.29 is 17.9 Å². The van der Waals surface area contributed by atoms with Gasteiger partial charge in [0.1, 0.15) is 5.69 Å². The molecule has 6 nitrogen and oxygen atoms in total. The molecule has 0 amide bonds. The quantitative estimate of drug-likeness (QED) is 0.773. The predicted molar refractivity (Wildman–Crippen MR) is 99.9 cm³/mol. The van der Waals surface area contributed by atoms with Gasteiger partial charge in [0.2, 0.25) is 0 Å². The second-order valence-electron chi connectivity index (χ2n) is 6.74. The molecule has 1 heterocycles. The minimum atomic E-state index is -3.79. The van der Waals surface area contributed by atoms with Gasteiger partial charge in [-0.15, -0.1) is 0 Å². The number of hydrogen-bond donors (Lipinski definition) is 2. The van der Waals surface area contributed by atoms with Gasteiger partial charge < -0.3 is 9.72 Å². The number of hydrogen-bond acceptors (Lipinski definition) is 4. The molecule has 3 rings (SSSR count). The Hall–Kier alpha value is -2.28. The van der Waals surface area contributed by atoms with Crippen LogP contribution in [0.15, 0.2) is 35.2 Å². The van der Waals surface area contributed by atoms with Gasteiger partial charge in [0.25, 0.3) is 10.0 Å². The molecule has 0 saturated heterocycles. The first-order valence-corrected chi connectivity index (χ1v) is 10.3. The molecule has 1 aliphatic rings. The maximum atomic E-state index is 12.7. The van der Waals surface area contributed by atoms with Crippen LogP contribution in [0.4, 0.5) is 5.69 Å². The number of carbonyl (C=O) groups excluding carboxylic acids is 1. The first-order chi connectivity index (χ1) is 12.4. The summed E-state index contributed by atoms with van der Waals surface area (Å²) in [4.78, 5) is 14.8. The highest BCUT2D eigenvalue weighted by Crippen LogP contribution is 2.33. The Balaban J connectivity index is 1.81. The Labute approximate surface area is 154 Å². The van der Waals surface area contributed by atoms with Crippen LogP contribution >= 0.6 is 0 Å². The van der Waals surface area contributed by atoms with Gasteiger partial charge in [0, 0.05) is 5.69 Å². The lowest BCUT2D eigenvalue weighted by molar-refractivity contribution is 0.0596.